The van der Waals surface area contributed by atoms with E-state index in [9.17, 15) is 27.6 Å². The van der Waals surface area contributed by atoms with Gasteiger partial charge in [-0.05, 0) is 56.3 Å². The first-order valence-corrected chi connectivity index (χ1v) is 11.6. The smallest absolute Gasteiger partial charge is 0.405 e. The van der Waals surface area contributed by atoms with Crippen LogP contribution in [-0.2, 0) is 16.0 Å². The highest BCUT2D eigenvalue weighted by atomic mass is 35.5. The third-order valence-corrected chi connectivity index (χ3v) is 5.87. The lowest BCUT2D eigenvalue weighted by molar-refractivity contribution is -0.274. The molecule has 3 amide bonds. The summed E-state index contributed by atoms with van der Waals surface area (Å²) in [5, 5.41) is 11.8. The van der Waals surface area contributed by atoms with E-state index in [2.05, 4.69) is 26.0 Å². The van der Waals surface area contributed by atoms with Crippen molar-refractivity contribution in [3.8, 4) is 5.75 Å². The number of rotatable bonds is 9. The van der Waals surface area contributed by atoms with Crippen LogP contribution in [0.25, 0.3) is 0 Å². The minimum absolute atomic E-state index is 0.0433. The molecule has 0 spiro atoms. The molecule has 2 aromatic carbocycles. The van der Waals surface area contributed by atoms with Gasteiger partial charge in [0.15, 0.2) is 0 Å². The molecule has 0 atom stereocenters. The van der Waals surface area contributed by atoms with Gasteiger partial charge in [-0.15, -0.1) is 13.2 Å². The molecule has 0 saturated carbocycles. The molecule has 194 valence electrons. The number of para-hydroxylation sites is 1. The summed E-state index contributed by atoms with van der Waals surface area (Å²) in [6.07, 6.45) is -4.71. The maximum absolute atomic E-state index is 13.1. The van der Waals surface area contributed by atoms with Crippen LogP contribution in [0, 0.1) is 0 Å². The lowest BCUT2D eigenvalue weighted by Crippen LogP contribution is -2.63. The Bertz CT molecular complexity index is 1070. The van der Waals surface area contributed by atoms with Gasteiger partial charge in [0.1, 0.15) is 11.3 Å². The van der Waals surface area contributed by atoms with Gasteiger partial charge >= 0.3 is 6.36 Å². The fraction of sp³-hybridized carbons (Fsp3) is 0.375. The van der Waals surface area contributed by atoms with Crippen LogP contribution in [0.15, 0.2) is 48.5 Å². The van der Waals surface area contributed by atoms with E-state index < -0.39 is 35.9 Å². The Balaban J connectivity index is 1.57. The number of amides is 3. The zero-order chi connectivity index (χ0) is 26.2. The lowest BCUT2D eigenvalue weighted by atomic mass is 9.86. The summed E-state index contributed by atoms with van der Waals surface area (Å²) < 4.78 is 42.1. The summed E-state index contributed by atoms with van der Waals surface area (Å²) in [5.74, 6) is -1.84. The molecular weight excluding hydrogens is 501 g/mol. The molecule has 1 fully saturated rings. The topological polar surface area (TPSA) is 109 Å². The third kappa shape index (κ3) is 7.85. The maximum atomic E-state index is 13.1. The molecule has 0 radical (unpaired) electrons. The van der Waals surface area contributed by atoms with E-state index in [1.54, 1.807) is 24.3 Å². The molecule has 0 aromatic heterocycles. The zero-order valence-corrected chi connectivity index (χ0v) is 20.0. The molecule has 12 heteroatoms. The van der Waals surface area contributed by atoms with Crippen LogP contribution in [0.2, 0.25) is 5.02 Å². The van der Waals surface area contributed by atoms with Crippen molar-refractivity contribution in [1.82, 2.24) is 21.3 Å². The average Bonchev–Trinajstić information content (AvgIpc) is 2.83. The van der Waals surface area contributed by atoms with Crippen molar-refractivity contribution < 1.29 is 32.3 Å². The van der Waals surface area contributed by atoms with Crippen molar-refractivity contribution in [1.29, 1.82) is 0 Å². The van der Waals surface area contributed by atoms with E-state index in [4.69, 9.17) is 11.6 Å². The number of alkyl halides is 3. The second kappa shape index (κ2) is 12.1. The van der Waals surface area contributed by atoms with Crippen molar-refractivity contribution in [3.63, 3.8) is 0 Å². The average molecular weight is 527 g/mol. The van der Waals surface area contributed by atoms with E-state index in [1.165, 1.54) is 18.2 Å². The van der Waals surface area contributed by atoms with Crippen molar-refractivity contribution in [2.75, 3.05) is 26.2 Å². The standard InChI is InChI=1S/C24H26ClF3N4O4/c25-18-7-5-16(6-8-18)21(34)30-13-14-31-22(35)23(9-11-29-12-10-23)32-20(33)15-17-3-1-2-4-19(17)36-24(26,27)28/h1-8,29H,9-15H2,(H,30,34)(H,31,35)(H,32,33). The van der Waals surface area contributed by atoms with Crippen LogP contribution in [0.5, 0.6) is 5.75 Å². The van der Waals surface area contributed by atoms with Crippen molar-refractivity contribution in [2.45, 2.75) is 31.2 Å². The molecule has 0 bridgehead atoms. The molecule has 4 N–H and O–H groups in total. The Morgan fingerprint density at radius 1 is 0.972 bits per heavy atom. The Labute approximate surface area is 210 Å². The van der Waals surface area contributed by atoms with Gasteiger partial charge in [0.25, 0.3) is 5.91 Å². The van der Waals surface area contributed by atoms with Gasteiger partial charge in [0.05, 0.1) is 6.42 Å². The number of piperidine rings is 1. The molecule has 1 saturated heterocycles. The van der Waals surface area contributed by atoms with Crippen LogP contribution < -0.4 is 26.0 Å². The summed E-state index contributed by atoms with van der Waals surface area (Å²) in [6, 6.07) is 11.7. The first kappa shape index (κ1) is 27.3. The van der Waals surface area contributed by atoms with Crippen LogP contribution >= 0.6 is 11.6 Å². The number of benzene rings is 2. The zero-order valence-electron chi connectivity index (χ0n) is 19.2. The predicted octanol–water partition coefficient (Wildman–Crippen LogP) is 2.57. The number of ether oxygens (including phenoxy) is 1. The number of nitrogens with one attached hydrogen (secondary N) is 4. The minimum Gasteiger partial charge on any atom is -0.405 e. The molecule has 1 aliphatic rings. The van der Waals surface area contributed by atoms with Gasteiger partial charge in [-0.3, -0.25) is 14.4 Å². The summed E-state index contributed by atoms with van der Waals surface area (Å²) in [6.45, 7) is 1.20. The van der Waals surface area contributed by atoms with Gasteiger partial charge in [0.2, 0.25) is 11.8 Å². The molecule has 2 aromatic rings. The molecule has 1 heterocycles. The second-order valence-electron chi connectivity index (χ2n) is 8.23. The van der Waals surface area contributed by atoms with E-state index in [0.29, 0.717) is 36.5 Å². The van der Waals surface area contributed by atoms with E-state index >= 15 is 0 Å². The van der Waals surface area contributed by atoms with E-state index in [-0.39, 0.29) is 24.6 Å². The molecule has 1 aliphatic heterocycles. The second-order valence-corrected chi connectivity index (χ2v) is 8.67. The first-order chi connectivity index (χ1) is 17.1. The van der Waals surface area contributed by atoms with Crippen LogP contribution in [0.4, 0.5) is 13.2 Å². The fourth-order valence-corrected chi connectivity index (χ4v) is 3.97. The Morgan fingerprint density at radius 2 is 1.61 bits per heavy atom. The Kier molecular flexibility index (Phi) is 9.16. The van der Waals surface area contributed by atoms with Gasteiger partial charge < -0.3 is 26.0 Å². The largest absolute Gasteiger partial charge is 0.573 e. The summed E-state index contributed by atoms with van der Waals surface area (Å²) >= 11 is 5.81. The minimum atomic E-state index is -4.90. The summed E-state index contributed by atoms with van der Waals surface area (Å²) in [7, 11) is 0. The molecule has 3 rings (SSSR count). The van der Waals surface area contributed by atoms with Gasteiger partial charge in [-0.1, -0.05) is 29.8 Å². The highest BCUT2D eigenvalue weighted by Crippen LogP contribution is 2.27. The third-order valence-electron chi connectivity index (χ3n) is 5.62. The summed E-state index contributed by atoms with van der Waals surface area (Å²) in [4.78, 5) is 38.0. The van der Waals surface area contributed by atoms with Crippen molar-refractivity contribution >= 4 is 29.3 Å². The summed E-state index contributed by atoms with van der Waals surface area (Å²) in [5.41, 5.74) is -0.771. The van der Waals surface area contributed by atoms with Crippen LogP contribution in [0.3, 0.4) is 0 Å². The molecular formula is C24H26ClF3N4O4. The van der Waals surface area contributed by atoms with Crippen LogP contribution in [-0.4, -0.2) is 55.8 Å². The number of carbonyl (C=O) groups is 3. The normalized spacial score (nSPS) is 15.0. The van der Waals surface area contributed by atoms with Crippen LogP contribution in [0.1, 0.15) is 28.8 Å². The predicted molar refractivity (Wildman–Crippen MR) is 127 cm³/mol. The van der Waals surface area contributed by atoms with E-state index in [1.807, 2.05) is 0 Å². The van der Waals surface area contributed by atoms with Crippen molar-refractivity contribution in [2.24, 2.45) is 0 Å². The van der Waals surface area contributed by atoms with Crippen molar-refractivity contribution in [3.05, 3.63) is 64.7 Å². The quantitative estimate of drug-likeness (QED) is 0.376. The fourth-order valence-electron chi connectivity index (χ4n) is 3.85. The Morgan fingerprint density at radius 3 is 2.28 bits per heavy atom. The first-order valence-electron chi connectivity index (χ1n) is 11.3. The highest BCUT2D eigenvalue weighted by Gasteiger charge is 2.41. The Hall–Kier alpha value is -3.31. The number of hydrogen-bond donors (Lipinski definition) is 4. The number of halogens is 4. The SMILES string of the molecule is O=C(Cc1ccccc1OC(F)(F)F)NC1(C(=O)NCCNC(=O)c2ccc(Cl)cc2)CCNCC1. The monoisotopic (exact) mass is 526 g/mol. The molecule has 0 unspecified atom stereocenters. The number of carbonyl (C=O) groups excluding carboxylic acids is 3. The maximum Gasteiger partial charge on any atom is 0.573 e. The van der Waals surface area contributed by atoms with E-state index in [0.717, 1.165) is 6.07 Å². The molecule has 36 heavy (non-hydrogen) atoms. The van der Waals surface area contributed by atoms with Gasteiger partial charge in [-0.2, -0.15) is 0 Å². The molecule has 8 nitrogen and oxygen atoms in total. The lowest BCUT2D eigenvalue weighted by Gasteiger charge is -2.37. The van der Waals surface area contributed by atoms with Gasteiger partial charge in [-0.25, -0.2) is 0 Å². The van der Waals surface area contributed by atoms with Gasteiger partial charge in [0, 0.05) is 29.2 Å². The molecule has 0 aliphatic carbocycles. The highest BCUT2D eigenvalue weighted by molar-refractivity contribution is 6.30. The number of hydrogen-bond acceptors (Lipinski definition) is 5.